The topological polar surface area (TPSA) is 71.2 Å². The van der Waals surface area contributed by atoms with Gasteiger partial charge in [-0.2, -0.15) is 0 Å². The van der Waals surface area contributed by atoms with Gasteiger partial charge in [0, 0.05) is 18.8 Å². The quantitative estimate of drug-likeness (QED) is 0.716. The minimum absolute atomic E-state index is 0.431. The molecule has 18 heavy (non-hydrogen) atoms. The van der Waals surface area contributed by atoms with Gasteiger partial charge in [0.15, 0.2) is 0 Å². The number of nitrogens with zero attached hydrogens (tertiary/aromatic N) is 2. The molecule has 1 amide bonds. The number of anilines is 1. The standard InChI is InChI=1S/C13H22N4O/c1-10(2)17(3)8-4-7-15-12-6-5-11(9-16-12)13(14)18/h5-6,9-10H,4,7-8H2,1-3H3,(H2,14,18)(H,15,16). The second-order valence-electron chi connectivity index (χ2n) is 4.65. The lowest BCUT2D eigenvalue weighted by Crippen LogP contribution is -2.28. The molecule has 0 aliphatic heterocycles. The van der Waals surface area contributed by atoms with Crippen molar-refractivity contribution in [2.45, 2.75) is 26.3 Å². The van der Waals surface area contributed by atoms with Gasteiger partial charge in [0.05, 0.1) is 5.56 Å². The van der Waals surface area contributed by atoms with Crippen LogP contribution >= 0.6 is 0 Å². The molecule has 0 saturated carbocycles. The SMILES string of the molecule is CC(C)N(C)CCCNc1ccc(C(N)=O)cn1. The molecule has 100 valence electrons. The Morgan fingerprint density at radius 1 is 1.50 bits per heavy atom. The fraction of sp³-hybridized carbons (Fsp3) is 0.538. The summed E-state index contributed by atoms with van der Waals surface area (Å²) in [6.07, 6.45) is 2.54. The highest BCUT2D eigenvalue weighted by Crippen LogP contribution is 2.04. The molecule has 5 nitrogen and oxygen atoms in total. The molecule has 3 N–H and O–H groups in total. The maximum Gasteiger partial charge on any atom is 0.250 e. The van der Waals surface area contributed by atoms with Crippen LogP contribution < -0.4 is 11.1 Å². The largest absolute Gasteiger partial charge is 0.370 e. The molecule has 0 bridgehead atoms. The average Bonchev–Trinajstić information content (AvgIpc) is 2.34. The fourth-order valence-electron chi connectivity index (χ4n) is 1.45. The van der Waals surface area contributed by atoms with E-state index >= 15 is 0 Å². The highest BCUT2D eigenvalue weighted by atomic mass is 16.1. The normalized spacial score (nSPS) is 10.9. The Hall–Kier alpha value is -1.62. The molecule has 0 saturated heterocycles. The number of hydrogen-bond donors (Lipinski definition) is 2. The van der Waals surface area contributed by atoms with Crippen LogP contribution in [0, 0.1) is 0 Å². The minimum atomic E-state index is -0.451. The Morgan fingerprint density at radius 3 is 2.72 bits per heavy atom. The van der Waals surface area contributed by atoms with Crippen LogP contribution in [-0.4, -0.2) is 42.0 Å². The van der Waals surface area contributed by atoms with Gasteiger partial charge in [0.1, 0.15) is 5.82 Å². The number of nitrogens with two attached hydrogens (primary N) is 1. The first-order chi connectivity index (χ1) is 8.50. The van der Waals surface area contributed by atoms with Crippen molar-refractivity contribution in [3.63, 3.8) is 0 Å². The third-order valence-corrected chi connectivity index (χ3v) is 2.92. The number of carbonyl (C=O) groups is 1. The Kier molecular flexibility index (Phi) is 5.58. The summed E-state index contributed by atoms with van der Waals surface area (Å²) in [5.41, 5.74) is 5.57. The van der Waals surface area contributed by atoms with Crippen LogP contribution in [0.5, 0.6) is 0 Å². The molecule has 0 aliphatic carbocycles. The first-order valence-electron chi connectivity index (χ1n) is 6.20. The predicted octanol–water partition coefficient (Wildman–Crippen LogP) is 1.32. The van der Waals surface area contributed by atoms with E-state index in [0.717, 1.165) is 25.3 Å². The molecular weight excluding hydrogens is 228 g/mol. The third kappa shape index (κ3) is 4.71. The predicted molar refractivity (Wildman–Crippen MR) is 73.6 cm³/mol. The molecule has 0 aromatic carbocycles. The summed E-state index contributed by atoms with van der Waals surface area (Å²) in [4.78, 5) is 17.3. The highest BCUT2D eigenvalue weighted by molar-refractivity contribution is 5.92. The molecule has 0 radical (unpaired) electrons. The summed E-state index contributed by atoms with van der Waals surface area (Å²) in [6, 6.07) is 4.02. The summed E-state index contributed by atoms with van der Waals surface area (Å²) in [5.74, 6) is 0.319. The minimum Gasteiger partial charge on any atom is -0.370 e. The lowest BCUT2D eigenvalue weighted by atomic mass is 10.2. The first kappa shape index (κ1) is 14.4. The molecule has 5 heteroatoms. The van der Waals surface area contributed by atoms with Gasteiger partial charge in [0.25, 0.3) is 0 Å². The molecule has 0 fully saturated rings. The van der Waals surface area contributed by atoms with Gasteiger partial charge in [-0.3, -0.25) is 4.79 Å². The van der Waals surface area contributed by atoms with Gasteiger partial charge in [-0.15, -0.1) is 0 Å². The maximum absolute atomic E-state index is 10.9. The Balaban J connectivity index is 2.29. The molecular formula is C13H22N4O. The zero-order valence-corrected chi connectivity index (χ0v) is 11.3. The van der Waals surface area contributed by atoms with E-state index in [1.807, 2.05) is 0 Å². The van der Waals surface area contributed by atoms with Gasteiger partial charge >= 0.3 is 0 Å². The van der Waals surface area contributed by atoms with E-state index in [-0.39, 0.29) is 0 Å². The molecule has 1 heterocycles. The highest BCUT2D eigenvalue weighted by Gasteiger charge is 2.03. The van der Waals surface area contributed by atoms with E-state index in [2.05, 4.69) is 36.1 Å². The smallest absolute Gasteiger partial charge is 0.250 e. The van der Waals surface area contributed by atoms with E-state index in [4.69, 9.17) is 5.73 Å². The average molecular weight is 250 g/mol. The molecule has 1 rings (SSSR count). The number of pyridine rings is 1. The van der Waals surface area contributed by atoms with Gasteiger partial charge in [-0.25, -0.2) is 4.98 Å². The van der Waals surface area contributed by atoms with Crippen LogP contribution in [0.4, 0.5) is 5.82 Å². The molecule has 0 unspecified atom stereocenters. The van der Waals surface area contributed by atoms with Gasteiger partial charge < -0.3 is 16.0 Å². The van der Waals surface area contributed by atoms with Crippen LogP contribution in [0.25, 0.3) is 0 Å². The lowest BCUT2D eigenvalue weighted by molar-refractivity contribution is 0.1000. The van der Waals surface area contributed by atoms with Crippen molar-refractivity contribution in [3.05, 3.63) is 23.9 Å². The van der Waals surface area contributed by atoms with Crippen LogP contribution in [0.15, 0.2) is 18.3 Å². The number of nitrogens with one attached hydrogen (secondary N) is 1. The second-order valence-corrected chi connectivity index (χ2v) is 4.65. The molecule has 0 spiro atoms. The number of amides is 1. The summed E-state index contributed by atoms with van der Waals surface area (Å²) < 4.78 is 0. The van der Waals surface area contributed by atoms with E-state index in [0.29, 0.717) is 11.6 Å². The lowest BCUT2D eigenvalue weighted by Gasteiger charge is -2.20. The van der Waals surface area contributed by atoms with E-state index < -0.39 is 5.91 Å². The molecule has 0 atom stereocenters. The zero-order chi connectivity index (χ0) is 13.5. The van der Waals surface area contributed by atoms with E-state index in [9.17, 15) is 4.79 Å². The Morgan fingerprint density at radius 2 is 2.22 bits per heavy atom. The van der Waals surface area contributed by atoms with Gasteiger partial charge in [-0.05, 0) is 46.0 Å². The van der Waals surface area contributed by atoms with E-state index in [1.165, 1.54) is 6.20 Å². The Labute approximate surface area is 108 Å². The Bertz CT molecular complexity index is 375. The van der Waals surface area contributed by atoms with E-state index in [1.54, 1.807) is 12.1 Å². The number of hydrogen-bond acceptors (Lipinski definition) is 4. The van der Waals surface area contributed by atoms with Gasteiger partial charge in [0.2, 0.25) is 5.91 Å². The van der Waals surface area contributed by atoms with Crippen LogP contribution in [0.2, 0.25) is 0 Å². The third-order valence-electron chi connectivity index (χ3n) is 2.92. The van der Waals surface area contributed by atoms with Crippen molar-refractivity contribution in [1.29, 1.82) is 0 Å². The molecule has 0 aliphatic rings. The zero-order valence-electron chi connectivity index (χ0n) is 11.3. The number of carbonyl (C=O) groups excluding carboxylic acids is 1. The van der Waals surface area contributed by atoms with Crippen LogP contribution in [-0.2, 0) is 0 Å². The van der Waals surface area contributed by atoms with Crippen molar-refractivity contribution in [2.75, 3.05) is 25.5 Å². The van der Waals surface area contributed by atoms with Crippen LogP contribution in [0.3, 0.4) is 0 Å². The summed E-state index contributed by atoms with van der Waals surface area (Å²) in [7, 11) is 2.12. The monoisotopic (exact) mass is 250 g/mol. The van der Waals surface area contributed by atoms with Crippen molar-refractivity contribution in [2.24, 2.45) is 5.73 Å². The van der Waals surface area contributed by atoms with Crippen molar-refractivity contribution < 1.29 is 4.79 Å². The number of aromatic nitrogens is 1. The summed E-state index contributed by atoms with van der Waals surface area (Å²) in [6.45, 7) is 6.26. The van der Waals surface area contributed by atoms with Crippen molar-refractivity contribution in [3.8, 4) is 0 Å². The first-order valence-corrected chi connectivity index (χ1v) is 6.20. The fourth-order valence-corrected chi connectivity index (χ4v) is 1.45. The number of primary amides is 1. The van der Waals surface area contributed by atoms with Crippen LogP contribution in [0.1, 0.15) is 30.6 Å². The number of rotatable bonds is 7. The summed E-state index contributed by atoms with van der Waals surface area (Å²) in [5, 5.41) is 3.22. The van der Waals surface area contributed by atoms with Crippen molar-refractivity contribution in [1.82, 2.24) is 9.88 Å². The van der Waals surface area contributed by atoms with Crippen molar-refractivity contribution >= 4 is 11.7 Å². The van der Waals surface area contributed by atoms with Gasteiger partial charge in [-0.1, -0.05) is 0 Å². The molecule has 1 aromatic rings. The summed E-state index contributed by atoms with van der Waals surface area (Å²) >= 11 is 0. The maximum atomic E-state index is 10.9. The second kappa shape index (κ2) is 6.96. The molecule has 1 aromatic heterocycles.